The lowest BCUT2D eigenvalue weighted by atomic mass is 10.3. The molecule has 0 radical (unpaired) electrons. The molecular formula is C12H16ClN3O2S. The fraction of sp³-hybridized carbons (Fsp3) is 0.333. The summed E-state index contributed by atoms with van der Waals surface area (Å²) in [6.07, 6.45) is 0. The zero-order valence-electron chi connectivity index (χ0n) is 10.5. The summed E-state index contributed by atoms with van der Waals surface area (Å²) >= 11 is 7.28. The molecule has 1 aromatic carbocycles. The minimum atomic E-state index is -0.130. The van der Waals surface area contributed by atoms with Crippen molar-refractivity contribution in [1.29, 1.82) is 0 Å². The van der Waals surface area contributed by atoms with E-state index in [0.717, 1.165) is 0 Å². The lowest BCUT2D eigenvalue weighted by molar-refractivity contribution is -0.120. The highest BCUT2D eigenvalue weighted by Crippen LogP contribution is 2.32. The molecule has 7 heteroatoms. The van der Waals surface area contributed by atoms with Gasteiger partial charge in [0, 0.05) is 30.6 Å². The van der Waals surface area contributed by atoms with Gasteiger partial charge in [0.15, 0.2) is 0 Å². The first-order valence-electron chi connectivity index (χ1n) is 5.68. The zero-order chi connectivity index (χ0) is 14.3. The number of nitrogens with two attached hydrogens (primary N) is 1. The molecule has 0 fully saturated rings. The number of benzene rings is 1. The van der Waals surface area contributed by atoms with Crippen LogP contribution in [0.1, 0.15) is 6.92 Å². The molecule has 1 rings (SSSR count). The van der Waals surface area contributed by atoms with Gasteiger partial charge >= 0.3 is 0 Å². The van der Waals surface area contributed by atoms with Crippen LogP contribution in [0.4, 0.5) is 5.69 Å². The average molecular weight is 302 g/mol. The van der Waals surface area contributed by atoms with Gasteiger partial charge in [-0.3, -0.25) is 9.59 Å². The summed E-state index contributed by atoms with van der Waals surface area (Å²) in [4.78, 5) is 22.9. The van der Waals surface area contributed by atoms with Gasteiger partial charge in [-0.05, 0) is 12.1 Å². The van der Waals surface area contributed by atoms with Gasteiger partial charge in [0.1, 0.15) is 0 Å². The number of hydrogen-bond donors (Lipinski definition) is 3. The summed E-state index contributed by atoms with van der Waals surface area (Å²) in [6, 6.07) is 5.23. The number of amides is 2. The molecule has 0 unspecified atom stereocenters. The number of rotatable bonds is 6. The topological polar surface area (TPSA) is 84.2 Å². The summed E-state index contributed by atoms with van der Waals surface area (Å²) in [6.45, 7) is 2.24. The minimum Gasteiger partial charge on any atom is -0.398 e. The second kappa shape index (κ2) is 7.91. The lowest BCUT2D eigenvalue weighted by Crippen LogP contribution is -2.34. The summed E-state index contributed by atoms with van der Waals surface area (Å²) < 4.78 is 0. The Labute approximate surface area is 121 Å². The van der Waals surface area contributed by atoms with E-state index in [-0.39, 0.29) is 17.6 Å². The third-order valence-electron chi connectivity index (χ3n) is 2.17. The summed E-state index contributed by atoms with van der Waals surface area (Å²) in [5.74, 6) is -0.0179. The third-order valence-corrected chi connectivity index (χ3v) is 3.74. The van der Waals surface area contributed by atoms with E-state index in [0.29, 0.717) is 28.7 Å². The smallest absolute Gasteiger partial charge is 0.230 e. The fourth-order valence-electron chi connectivity index (χ4n) is 1.31. The maximum absolute atomic E-state index is 11.6. The standard InChI is InChI=1S/C12H16ClN3O2S/c1-8(17)15-5-6-16-11(18)7-19-12-9(13)3-2-4-10(12)14/h2-4H,5-7,14H2,1H3,(H,15,17)(H,16,18). The van der Waals surface area contributed by atoms with Crippen molar-refractivity contribution in [3.8, 4) is 0 Å². The first-order valence-corrected chi connectivity index (χ1v) is 7.05. The van der Waals surface area contributed by atoms with Gasteiger partial charge in [0.05, 0.1) is 10.8 Å². The average Bonchev–Trinajstić information content (AvgIpc) is 2.34. The molecule has 0 aliphatic carbocycles. The minimum absolute atomic E-state index is 0.118. The van der Waals surface area contributed by atoms with E-state index in [1.807, 2.05) is 0 Å². The van der Waals surface area contributed by atoms with Crippen molar-refractivity contribution in [3.05, 3.63) is 23.2 Å². The Hall–Kier alpha value is -1.40. The number of nitrogens with one attached hydrogen (secondary N) is 2. The monoisotopic (exact) mass is 301 g/mol. The Kier molecular flexibility index (Phi) is 6.52. The SMILES string of the molecule is CC(=O)NCCNC(=O)CSc1c(N)cccc1Cl. The van der Waals surface area contributed by atoms with Gasteiger partial charge in [-0.15, -0.1) is 11.8 Å². The maximum Gasteiger partial charge on any atom is 0.230 e. The molecule has 4 N–H and O–H groups in total. The number of hydrogen-bond acceptors (Lipinski definition) is 4. The number of carbonyl (C=O) groups is 2. The van der Waals surface area contributed by atoms with Crippen molar-refractivity contribution in [2.24, 2.45) is 0 Å². The van der Waals surface area contributed by atoms with Crippen molar-refractivity contribution in [2.45, 2.75) is 11.8 Å². The van der Waals surface area contributed by atoms with Gasteiger partial charge < -0.3 is 16.4 Å². The second-order valence-electron chi connectivity index (χ2n) is 3.78. The van der Waals surface area contributed by atoms with Crippen LogP contribution in [0.5, 0.6) is 0 Å². The van der Waals surface area contributed by atoms with Gasteiger partial charge in [0.2, 0.25) is 11.8 Å². The van der Waals surface area contributed by atoms with Crippen LogP contribution in [0.25, 0.3) is 0 Å². The quantitative estimate of drug-likeness (QED) is 0.420. The van der Waals surface area contributed by atoms with E-state index < -0.39 is 0 Å². The Morgan fingerprint density at radius 2 is 2.00 bits per heavy atom. The highest BCUT2D eigenvalue weighted by atomic mass is 35.5. The van der Waals surface area contributed by atoms with Crippen LogP contribution in [-0.4, -0.2) is 30.7 Å². The number of thioether (sulfide) groups is 1. The van der Waals surface area contributed by atoms with Crippen LogP contribution in [0.2, 0.25) is 5.02 Å². The number of carbonyl (C=O) groups excluding carboxylic acids is 2. The largest absolute Gasteiger partial charge is 0.398 e. The third kappa shape index (κ3) is 5.85. The highest BCUT2D eigenvalue weighted by Gasteiger charge is 2.08. The molecule has 0 atom stereocenters. The van der Waals surface area contributed by atoms with E-state index in [2.05, 4.69) is 10.6 Å². The molecule has 0 aliphatic heterocycles. The summed E-state index contributed by atoms with van der Waals surface area (Å²) in [5, 5.41) is 5.82. The van der Waals surface area contributed by atoms with Crippen LogP contribution >= 0.6 is 23.4 Å². The van der Waals surface area contributed by atoms with Crippen LogP contribution < -0.4 is 16.4 Å². The Balaban J connectivity index is 2.32. The van der Waals surface area contributed by atoms with Gasteiger partial charge in [-0.25, -0.2) is 0 Å². The van der Waals surface area contributed by atoms with Gasteiger partial charge in [0.25, 0.3) is 0 Å². The molecular weight excluding hydrogens is 286 g/mol. The predicted octanol–water partition coefficient (Wildman–Crippen LogP) is 1.27. The van der Waals surface area contributed by atoms with Crippen LogP contribution in [0.3, 0.4) is 0 Å². The van der Waals surface area contributed by atoms with E-state index >= 15 is 0 Å². The van der Waals surface area contributed by atoms with Crippen molar-refractivity contribution >= 4 is 40.9 Å². The number of anilines is 1. The summed E-state index contributed by atoms with van der Waals surface area (Å²) in [7, 11) is 0. The number of nitrogen functional groups attached to an aromatic ring is 1. The Morgan fingerprint density at radius 3 is 2.63 bits per heavy atom. The van der Waals surface area contributed by atoms with Crippen LogP contribution in [-0.2, 0) is 9.59 Å². The molecule has 0 spiro atoms. The molecule has 0 saturated carbocycles. The van der Waals surface area contributed by atoms with Crippen molar-refractivity contribution in [1.82, 2.24) is 10.6 Å². The summed E-state index contributed by atoms with van der Waals surface area (Å²) in [5.41, 5.74) is 6.34. The molecule has 1 aromatic rings. The first kappa shape index (κ1) is 15.7. The van der Waals surface area contributed by atoms with Crippen LogP contribution in [0, 0.1) is 0 Å². The van der Waals surface area contributed by atoms with E-state index in [4.69, 9.17) is 17.3 Å². The normalized spacial score (nSPS) is 10.0. The molecule has 0 bridgehead atoms. The molecule has 104 valence electrons. The molecule has 2 amide bonds. The van der Waals surface area contributed by atoms with E-state index in [1.165, 1.54) is 18.7 Å². The molecule has 0 saturated heterocycles. The molecule has 19 heavy (non-hydrogen) atoms. The Morgan fingerprint density at radius 1 is 1.32 bits per heavy atom. The Bertz CT molecular complexity index is 448. The van der Waals surface area contributed by atoms with Crippen molar-refractivity contribution in [2.75, 3.05) is 24.6 Å². The molecule has 0 aromatic heterocycles. The second-order valence-corrected chi connectivity index (χ2v) is 5.17. The zero-order valence-corrected chi connectivity index (χ0v) is 12.1. The van der Waals surface area contributed by atoms with Crippen LogP contribution in [0.15, 0.2) is 23.1 Å². The lowest BCUT2D eigenvalue weighted by Gasteiger charge is -2.08. The fourth-order valence-corrected chi connectivity index (χ4v) is 2.47. The highest BCUT2D eigenvalue weighted by molar-refractivity contribution is 8.00. The van der Waals surface area contributed by atoms with E-state index in [1.54, 1.807) is 18.2 Å². The molecule has 5 nitrogen and oxygen atoms in total. The van der Waals surface area contributed by atoms with Gasteiger partial charge in [-0.2, -0.15) is 0 Å². The first-order chi connectivity index (χ1) is 9.00. The predicted molar refractivity (Wildman–Crippen MR) is 78.3 cm³/mol. The van der Waals surface area contributed by atoms with Gasteiger partial charge in [-0.1, -0.05) is 17.7 Å². The molecule has 0 aliphatic rings. The maximum atomic E-state index is 11.6. The van der Waals surface area contributed by atoms with E-state index in [9.17, 15) is 9.59 Å². The molecule has 0 heterocycles. The number of halogens is 1. The van der Waals surface area contributed by atoms with Crippen molar-refractivity contribution < 1.29 is 9.59 Å². The van der Waals surface area contributed by atoms with Crippen molar-refractivity contribution in [3.63, 3.8) is 0 Å².